The molecule has 0 spiro atoms. The van der Waals surface area contributed by atoms with Gasteiger partial charge in [0, 0.05) is 12.6 Å². The SMILES string of the molecule is CC1C=CNCC=CN1. The Bertz CT molecular complexity index is 127. The fourth-order valence-corrected chi connectivity index (χ4v) is 0.683. The zero-order valence-electron chi connectivity index (χ0n) is 5.59. The first-order chi connectivity index (χ1) is 4.39. The highest BCUT2D eigenvalue weighted by molar-refractivity contribution is 4.97. The Labute approximate surface area is 55.6 Å². The molecule has 9 heavy (non-hydrogen) atoms. The van der Waals surface area contributed by atoms with Gasteiger partial charge in [-0.3, -0.25) is 0 Å². The van der Waals surface area contributed by atoms with E-state index in [0.717, 1.165) is 6.54 Å². The van der Waals surface area contributed by atoms with Gasteiger partial charge in [-0.1, -0.05) is 0 Å². The normalized spacial score (nSPS) is 25.7. The molecule has 0 fully saturated rings. The van der Waals surface area contributed by atoms with Crippen molar-refractivity contribution in [2.75, 3.05) is 6.54 Å². The van der Waals surface area contributed by atoms with Crippen molar-refractivity contribution in [2.24, 2.45) is 0 Å². The molecule has 1 aliphatic rings. The third-order valence-corrected chi connectivity index (χ3v) is 1.22. The van der Waals surface area contributed by atoms with Crippen LogP contribution in [0.15, 0.2) is 24.6 Å². The lowest BCUT2D eigenvalue weighted by molar-refractivity contribution is 0.748. The lowest BCUT2D eigenvalue weighted by Gasteiger charge is -2.08. The molecule has 0 saturated carbocycles. The molecular weight excluding hydrogens is 112 g/mol. The molecule has 0 amide bonds. The quantitative estimate of drug-likeness (QED) is 0.494. The molecule has 2 N–H and O–H groups in total. The van der Waals surface area contributed by atoms with E-state index in [2.05, 4.69) is 29.7 Å². The highest BCUT2D eigenvalue weighted by Crippen LogP contribution is 1.85. The lowest BCUT2D eigenvalue weighted by atomic mass is 10.3. The van der Waals surface area contributed by atoms with Crippen molar-refractivity contribution in [3.05, 3.63) is 24.6 Å². The van der Waals surface area contributed by atoms with Gasteiger partial charge >= 0.3 is 0 Å². The van der Waals surface area contributed by atoms with E-state index in [0.29, 0.717) is 6.04 Å². The maximum atomic E-state index is 3.18. The van der Waals surface area contributed by atoms with Crippen LogP contribution in [0.4, 0.5) is 0 Å². The number of hydrogen-bond acceptors (Lipinski definition) is 2. The van der Waals surface area contributed by atoms with Crippen LogP contribution in [0.2, 0.25) is 0 Å². The molecule has 2 heteroatoms. The first kappa shape index (κ1) is 6.20. The van der Waals surface area contributed by atoms with Gasteiger partial charge in [-0.05, 0) is 31.5 Å². The predicted molar refractivity (Wildman–Crippen MR) is 38.9 cm³/mol. The fraction of sp³-hybridized carbons (Fsp3) is 0.429. The minimum Gasteiger partial charge on any atom is -0.388 e. The zero-order chi connectivity index (χ0) is 6.53. The summed E-state index contributed by atoms with van der Waals surface area (Å²) in [6, 6.07) is 0.439. The van der Waals surface area contributed by atoms with Crippen LogP contribution in [-0.4, -0.2) is 12.6 Å². The Morgan fingerprint density at radius 3 is 3.22 bits per heavy atom. The van der Waals surface area contributed by atoms with Gasteiger partial charge in [-0.2, -0.15) is 0 Å². The molecule has 1 rings (SSSR count). The molecular formula is C7H12N2. The van der Waals surface area contributed by atoms with Gasteiger partial charge in [-0.25, -0.2) is 0 Å². The van der Waals surface area contributed by atoms with Gasteiger partial charge in [0.05, 0.1) is 0 Å². The molecule has 50 valence electrons. The van der Waals surface area contributed by atoms with E-state index in [1.54, 1.807) is 0 Å². The standard InChI is InChI=1S/C7H12N2/c1-7-3-6-8-4-2-5-9-7/h2-3,5-9H,4H2,1H3. The van der Waals surface area contributed by atoms with Gasteiger partial charge in [-0.15, -0.1) is 0 Å². The van der Waals surface area contributed by atoms with Gasteiger partial charge in [0.25, 0.3) is 0 Å². The Hall–Kier alpha value is -0.920. The molecule has 0 saturated heterocycles. The molecule has 0 radical (unpaired) electrons. The highest BCUT2D eigenvalue weighted by Gasteiger charge is 1.90. The molecule has 0 bridgehead atoms. The summed E-state index contributed by atoms with van der Waals surface area (Å²) in [5, 5.41) is 6.29. The van der Waals surface area contributed by atoms with Crippen LogP contribution in [0.5, 0.6) is 0 Å². The Balaban J connectivity index is 2.40. The maximum Gasteiger partial charge on any atom is 0.0427 e. The van der Waals surface area contributed by atoms with Gasteiger partial charge < -0.3 is 10.6 Å². The summed E-state index contributed by atoms with van der Waals surface area (Å²) in [6.07, 6.45) is 8.09. The zero-order valence-corrected chi connectivity index (χ0v) is 5.59. The van der Waals surface area contributed by atoms with Crippen molar-refractivity contribution in [3.63, 3.8) is 0 Å². The van der Waals surface area contributed by atoms with Crippen LogP contribution in [-0.2, 0) is 0 Å². The molecule has 1 heterocycles. The molecule has 0 aromatic rings. The smallest absolute Gasteiger partial charge is 0.0427 e. The molecule has 1 atom stereocenters. The second-order valence-corrected chi connectivity index (χ2v) is 2.13. The van der Waals surface area contributed by atoms with Crippen molar-refractivity contribution in [1.82, 2.24) is 10.6 Å². The largest absolute Gasteiger partial charge is 0.388 e. The number of rotatable bonds is 0. The van der Waals surface area contributed by atoms with Crippen molar-refractivity contribution < 1.29 is 0 Å². The van der Waals surface area contributed by atoms with Crippen molar-refractivity contribution in [2.45, 2.75) is 13.0 Å². The summed E-state index contributed by atoms with van der Waals surface area (Å²) in [5.41, 5.74) is 0. The van der Waals surface area contributed by atoms with E-state index in [1.165, 1.54) is 0 Å². The predicted octanol–water partition coefficient (Wildman–Crippen LogP) is 0.595. The van der Waals surface area contributed by atoms with E-state index in [1.807, 2.05) is 12.4 Å². The minimum atomic E-state index is 0.439. The highest BCUT2D eigenvalue weighted by atomic mass is 14.9. The monoisotopic (exact) mass is 124 g/mol. The first-order valence-corrected chi connectivity index (χ1v) is 3.21. The van der Waals surface area contributed by atoms with E-state index in [9.17, 15) is 0 Å². The van der Waals surface area contributed by atoms with E-state index >= 15 is 0 Å². The molecule has 0 aromatic carbocycles. The van der Waals surface area contributed by atoms with Gasteiger partial charge in [0.2, 0.25) is 0 Å². The Morgan fingerprint density at radius 2 is 2.33 bits per heavy atom. The van der Waals surface area contributed by atoms with E-state index < -0.39 is 0 Å². The van der Waals surface area contributed by atoms with Crippen molar-refractivity contribution in [1.29, 1.82) is 0 Å². The van der Waals surface area contributed by atoms with Crippen LogP contribution in [0, 0.1) is 0 Å². The molecule has 0 aromatic heterocycles. The molecule has 0 aliphatic carbocycles. The van der Waals surface area contributed by atoms with E-state index in [4.69, 9.17) is 0 Å². The average molecular weight is 124 g/mol. The van der Waals surface area contributed by atoms with Gasteiger partial charge in [0.1, 0.15) is 0 Å². The number of hydrogen-bond donors (Lipinski definition) is 2. The first-order valence-electron chi connectivity index (χ1n) is 3.21. The third-order valence-electron chi connectivity index (χ3n) is 1.22. The van der Waals surface area contributed by atoms with Crippen LogP contribution in [0.1, 0.15) is 6.92 Å². The molecule has 1 aliphatic heterocycles. The lowest BCUT2D eigenvalue weighted by Crippen LogP contribution is -2.21. The summed E-state index contributed by atoms with van der Waals surface area (Å²) >= 11 is 0. The second kappa shape index (κ2) is 3.17. The summed E-state index contributed by atoms with van der Waals surface area (Å²) in [5.74, 6) is 0. The van der Waals surface area contributed by atoms with Crippen LogP contribution in [0.25, 0.3) is 0 Å². The maximum absolute atomic E-state index is 3.18. The fourth-order valence-electron chi connectivity index (χ4n) is 0.683. The molecule has 2 nitrogen and oxygen atoms in total. The van der Waals surface area contributed by atoms with E-state index in [-0.39, 0.29) is 0 Å². The minimum absolute atomic E-state index is 0.439. The number of nitrogens with one attached hydrogen (secondary N) is 2. The summed E-state index contributed by atoms with van der Waals surface area (Å²) in [7, 11) is 0. The average Bonchev–Trinajstić information content (AvgIpc) is 1.79. The van der Waals surface area contributed by atoms with Crippen LogP contribution in [0.3, 0.4) is 0 Å². The Morgan fingerprint density at radius 1 is 1.44 bits per heavy atom. The topological polar surface area (TPSA) is 24.1 Å². The molecule has 1 unspecified atom stereocenters. The van der Waals surface area contributed by atoms with Crippen LogP contribution >= 0.6 is 0 Å². The summed E-state index contributed by atoms with van der Waals surface area (Å²) < 4.78 is 0. The van der Waals surface area contributed by atoms with Crippen molar-refractivity contribution >= 4 is 0 Å². The van der Waals surface area contributed by atoms with Crippen molar-refractivity contribution in [3.8, 4) is 0 Å². The van der Waals surface area contributed by atoms with Gasteiger partial charge in [0.15, 0.2) is 0 Å². The van der Waals surface area contributed by atoms with Crippen LogP contribution < -0.4 is 10.6 Å². The summed E-state index contributed by atoms with van der Waals surface area (Å²) in [4.78, 5) is 0. The summed E-state index contributed by atoms with van der Waals surface area (Å²) in [6.45, 7) is 3.02. The Kier molecular flexibility index (Phi) is 2.19. The third kappa shape index (κ3) is 2.22. The second-order valence-electron chi connectivity index (χ2n) is 2.13.